The third-order valence-corrected chi connectivity index (χ3v) is 4.24. The second-order valence-corrected chi connectivity index (χ2v) is 5.80. The van der Waals surface area contributed by atoms with Crippen molar-refractivity contribution in [2.24, 2.45) is 0 Å². The molecule has 6 heteroatoms. The number of carboxylic acids is 1. The summed E-state index contributed by atoms with van der Waals surface area (Å²) in [5.41, 5.74) is 0.520. The van der Waals surface area contributed by atoms with E-state index in [1.807, 2.05) is 0 Å². The first-order chi connectivity index (χ1) is 8.08. The van der Waals surface area contributed by atoms with Gasteiger partial charge in [0.15, 0.2) is 0 Å². The first-order valence-corrected chi connectivity index (χ1v) is 7.04. The minimum Gasteiger partial charge on any atom is -0.480 e. The van der Waals surface area contributed by atoms with Crippen molar-refractivity contribution >= 4 is 33.7 Å². The Morgan fingerprint density at radius 2 is 2.29 bits per heavy atom. The molecule has 0 spiro atoms. The normalized spacial score (nSPS) is 24.6. The molecule has 2 rings (SSSR count). The zero-order valence-electron chi connectivity index (χ0n) is 8.82. The lowest BCUT2D eigenvalue weighted by Crippen LogP contribution is -2.45. The molecule has 1 fully saturated rings. The predicted molar refractivity (Wildman–Crippen MR) is 68.7 cm³/mol. The van der Waals surface area contributed by atoms with Crippen LogP contribution in [0.3, 0.4) is 0 Å². The first-order valence-electron chi connectivity index (χ1n) is 5.09. The van der Waals surface area contributed by atoms with E-state index >= 15 is 0 Å². The van der Waals surface area contributed by atoms with Gasteiger partial charge in [0, 0.05) is 27.6 Å². The second kappa shape index (κ2) is 5.37. The molecule has 1 aliphatic rings. The molecule has 17 heavy (non-hydrogen) atoms. The minimum absolute atomic E-state index is 0.247. The van der Waals surface area contributed by atoms with Crippen LogP contribution in [0.1, 0.15) is 11.6 Å². The average Bonchev–Trinajstić information content (AvgIpc) is 2.29. The Balaban J connectivity index is 2.19. The van der Waals surface area contributed by atoms with E-state index in [1.165, 1.54) is 17.8 Å². The van der Waals surface area contributed by atoms with Gasteiger partial charge in [-0.2, -0.15) is 11.8 Å². The molecule has 2 unspecified atom stereocenters. The molecule has 1 aromatic rings. The molecular weight excluding hydrogens is 309 g/mol. The van der Waals surface area contributed by atoms with Gasteiger partial charge in [0.1, 0.15) is 11.9 Å². The van der Waals surface area contributed by atoms with E-state index in [-0.39, 0.29) is 11.9 Å². The smallest absolute Gasteiger partial charge is 0.321 e. The third-order valence-electron chi connectivity index (χ3n) is 2.61. The Kier molecular flexibility index (Phi) is 4.06. The Morgan fingerprint density at radius 3 is 2.94 bits per heavy atom. The van der Waals surface area contributed by atoms with Crippen LogP contribution in [0.2, 0.25) is 0 Å². The summed E-state index contributed by atoms with van der Waals surface area (Å²) in [6, 6.07) is 3.98. The summed E-state index contributed by atoms with van der Waals surface area (Å²) >= 11 is 4.72. The molecule has 2 atom stereocenters. The van der Waals surface area contributed by atoms with E-state index in [4.69, 9.17) is 5.11 Å². The molecule has 0 saturated carbocycles. The van der Waals surface area contributed by atoms with Crippen molar-refractivity contribution in [1.82, 2.24) is 5.32 Å². The fraction of sp³-hybridized carbons (Fsp3) is 0.364. The fourth-order valence-electron chi connectivity index (χ4n) is 1.75. The summed E-state index contributed by atoms with van der Waals surface area (Å²) in [4.78, 5) is 10.9. The predicted octanol–water partition coefficient (Wildman–Crippen LogP) is 2.42. The van der Waals surface area contributed by atoms with Crippen molar-refractivity contribution in [3.8, 4) is 0 Å². The monoisotopic (exact) mass is 319 g/mol. The van der Waals surface area contributed by atoms with Crippen molar-refractivity contribution in [3.63, 3.8) is 0 Å². The van der Waals surface area contributed by atoms with Crippen LogP contribution in [0.25, 0.3) is 0 Å². The quantitative estimate of drug-likeness (QED) is 0.879. The number of nitrogens with one attached hydrogen (secondary N) is 1. The van der Waals surface area contributed by atoms with E-state index in [1.54, 1.807) is 12.1 Å². The van der Waals surface area contributed by atoms with Crippen LogP contribution < -0.4 is 5.32 Å². The van der Waals surface area contributed by atoms with E-state index < -0.39 is 12.0 Å². The molecule has 1 heterocycles. The number of benzene rings is 1. The third kappa shape index (κ3) is 3.00. The lowest BCUT2D eigenvalue weighted by molar-refractivity contribution is -0.139. The topological polar surface area (TPSA) is 49.3 Å². The van der Waals surface area contributed by atoms with Crippen molar-refractivity contribution in [2.75, 3.05) is 11.5 Å². The lowest BCUT2D eigenvalue weighted by atomic mass is 10.1. The maximum Gasteiger partial charge on any atom is 0.321 e. The first kappa shape index (κ1) is 12.9. The molecule has 2 N–H and O–H groups in total. The summed E-state index contributed by atoms with van der Waals surface area (Å²) in [6.07, 6.45) is 0. The van der Waals surface area contributed by atoms with E-state index in [9.17, 15) is 9.18 Å². The van der Waals surface area contributed by atoms with E-state index in [0.29, 0.717) is 21.5 Å². The molecule has 3 nitrogen and oxygen atoms in total. The maximum atomic E-state index is 13.7. The van der Waals surface area contributed by atoms with Gasteiger partial charge in [0.25, 0.3) is 0 Å². The summed E-state index contributed by atoms with van der Waals surface area (Å²) in [7, 11) is 0. The van der Waals surface area contributed by atoms with Gasteiger partial charge in [-0.25, -0.2) is 4.39 Å². The summed E-state index contributed by atoms with van der Waals surface area (Å²) < 4.78 is 14.4. The Morgan fingerprint density at radius 1 is 1.53 bits per heavy atom. The highest BCUT2D eigenvalue weighted by atomic mass is 79.9. The molecule has 0 radical (unpaired) electrons. The number of halogens is 2. The van der Waals surface area contributed by atoms with E-state index in [0.717, 1.165) is 0 Å². The SMILES string of the molecule is O=C(O)C1CSCC(c2ccc(Br)cc2F)N1. The van der Waals surface area contributed by atoms with Crippen molar-refractivity contribution < 1.29 is 14.3 Å². The fourth-order valence-corrected chi connectivity index (χ4v) is 3.20. The number of hydrogen-bond acceptors (Lipinski definition) is 3. The van der Waals surface area contributed by atoms with Crippen LogP contribution in [-0.2, 0) is 4.79 Å². The summed E-state index contributed by atoms with van der Waals surface area (Å²) in [5.74, 6) is -0.00463. The summed E-state index contributed by atoms with van der Waals surface area (Å²) in [5, 5.41) is 11.9. The van der Waals surface area contributed by atoms with Crippen LogP contribution in [-0.4, -0.2) is 28.6 Å². The zero-order chi connectivity index (χ0) is 12.4. The van der Waals surface area contributed by atoms with Gasteiger partial charge >= 0.3 is 5.97 Å². The van der Waals surface area contributed by atoms with Crippen molar-refractivity contribution in [3.05, 3.63) is 34.1 Å². The van der Waals surface area contributed by atoms with Gasteiger partial charge in [0.2, 0.25) is 0 Å². The molecule has 0 aromatic heterocycles. The summed E-state index contributed by atoms with van der Waals surface area (Å²) in [6.45, 7) is 0. The molecule has 0 amide bonds. The second-order valence-electron chi connectivity index (χ2n) is 3.81. The lowest BCUT2D eigenvalue weighted by Gasteiger charge is -2.28. The van der Waals surface area contributed by atoms with Crippen molar-refractivity contribution in [1.29, 1.82) is 0 Å². The molecular formula is C11H11BrFNO2S. The number of carboxylic acid groups (broad SMARTS) is 1. The van der Waals surface area contributed by atoms with Crippen molar-refractivity contribution in [2.45, 2.75) is 12.1 Å². The van der Waals surface area contributed by atoms with Gasteiger partial charge in [-0.05, 0) is 12.1 Å². The number of hydrogen-bond donors (Lipinski definition) is 2. The van der Waals surface area contributed by atoms with Crippen LogP contribution in [0.5, 0.6) is 0 Å². The standard InChI is InChI=1S/C11H11BrFNO2S/c12-6-1-2-7(8(13)3-6)9-4-17-5-10(14-9)11(15)16/h1-3,9-10,14H,4-5H2,(H,15,16). The molecule has 1 aliphatic heterocycles. The number of thioether (sulfide) groups is 1. The molecule has 1 saturated heterocycles. The molecule has 0 bridgehead atoms. The largest absolute Gasteiger partial charge is 0.480 e. The number of rotatable bonds is 2. The minimum atomic E-state index is -0.889. The molecule has 1 aromatic carbocycles. The number of aliphatic carboxylic acids is 1. The van der Waals surface area contributed by atoms with Crippen LogP contribution in [0.15, 0.2) is 22.7 Å². The van der Waals surface area contributed by atoms with Gasteiger partial charge in [-0.15, -0.1) is 0 Å². The highest BCUT2D eigenvalue weighted by Gasteiger charge is 2.28. The molecule has 92 valence electrons. The maximum absolute atomic E-state index is 13.7. The van der Waals surface area contributed by atoms with Crippen LogP contribution in [0.4, 0.5) is 4.39 Å². The highest BCUT2D eigenvalue weighted by Crippen LogP contribution is 2.27. The molecule has 0 aliphatic carbocycles. The van der Waals surface area contributed by atoms with E-state index in [2.05, 4.69) is 21.2 Å². The Bertz CT molecular complexity index is 443. The Hall–Kier alpha value is -0.590. The van der Waals surface area contributed by atoms with Crippen LogP contribution >= 0.6 is 27.7 Å². The van der Waals surface area contributed by atoms with Crippen LogP contribution in [0, 0.1) is 5.82 Å². The Labute approximate surface area is 111 Å². The van der Waals surface area contributed by atoms with Gasteiger partial charge < -0.3 is 5.11 Å². The average molecular weight is 320 g/mol. The number of carbonyl (C=O) groups is 1. The zero-order valence-corrected chi connectivity index (χ0v) is 11.2. The highest BCUT2D eigenvalue weighted by molar-refractivity contribution is 9.10. The van der Waals surface area contributed by atoms with Gasteiger partial charge in [0.05, 0.1) is 0 Å². The van der Waals surface area contributed by atoms with Gasteiger partial charge in [-0.3, -0.25) is 10.1 Å². The van der Waals surface area contributed by atoms with Gasteiger partial charge in [-0.1, -0.05) is 22.0 Å².